The second-order valence-electron chi connectivity index (χ2n) is 2.32. The number of nitrogens with one attached hydrogen (secondary N) is 2. The van der Waals surface area contributed by atoms with Gasteiger partial charge >= 0.3 is 0 Å². The lowest BCUT2D eigenvalue weighted by Crippen LogP contribution is -2.36. The molecule has 70 valence electrons. The van der Waals surface area contributed by atoms with Crippen molar-refractivity contribution >= 4 is 11.6 Å². The Hall–Kier alpha value is -1.62. The molecule has 0 amide bonds. The zero-order chi connectivity index (χ0) is 9.68. The van der Waals surface area contributed by atoms with E-state index in [2.05, 4.69) is 15.7 Å². The number of hydrazine groups is 1. The van der Waals surface area contributed by atoms with E-state index in [0.717, 1.165) is 0 Å². The van der Waals surface area contributed by atoms with Crippen LogP contribution in [0, 0.1) is 5.82 Å². The van der Waals surface area contributed by atoms with Gasteiger partial charge in [-0.2, -0.15) is 0 Å². The molecule has 1 aromatic rings. The first-order valence-corrected chi connectivity index (χ1v) is 3.73. The summed E-state index contributed by atoms with van der Waals surface area (Å²) in [6, 6.07) is 6.28. The highest BCUT2D eigenvalue weighted by molar-refractivity contribution is 5.93. The first kappa shape index (κ1) is 9.47. The molecule has 0 atom stereocenters. The highest BCUT2D eigenvalue weighted by Crippen LogP contribution is 2.11. The van der Waals surface area contributed by atoms with Crippen LogP contribution in [-0.4, -0.2) is 13.0 Å². The van der Waals surface area contributed by atoms with Gasteiger partial charge in [-0.15, -0.1) is 0 Å². The summed E-state index contributed by atoms with van der Waals surface area (Å²) in [4.78, 5) is 3.75. The van der Waals surface area contributed by atoms with Crippen LogP contribution in [0.4, 0.5) is 10.1 Å². The summed E-state index contributed by atoms with van der Waals surface area (Å²) in [5.41, 5.74) is 2.63. The Balaban J connectivity index is 2.80. The fraction of sp³-hybridized carbons (Fsp3) is 0.125. The molecule has 5 heteroatoms. The lowest BCUT2D eigenvalue weighted by atomic mass is 10.3. The maximum absolute atomic E-state index is 13.0. The Morgan fingerprint density at radius 2 is 2.15 bits per heavy atom. The molecule has 0 aliphatic carbocycles. The summed E-state index contributed by atoms with van der Waals surface area (Å²) in [6.07, 6.45) is 0. The summed E-state index contributed by atoms with van der Waals surface area (Å²) >= 11 is 0. The van der Waals surface area contributed by atoms with Gasteiger partial charge in [-0.3, -0.25) is 10.4 Å². The number of nitrogens with zero attached hydrogens (tertiary/aromatic N) is 1. The standard InChI is InChI=1S/C8H11FN4/c1-11-8(13-10)12-7-5-3-2-4-6(7)9/h2-5H,10H2,1H3,(H2,11,12,13). The molecule has 1 aromatic carbocycles. The van der Waals surface area contributed by atoms with Gasteiger partial charge < -0.3 is 5.32 Å². The number of nitrogens with two attached hydrogens (primary N) is 1. The molecule has 13 heavy (non-hydrogen) atoms. The minimum atomic E-state index is -0.348. The van der Waals surface area contributed by atoms with Crippen molar-refractivity contribution in [3.8, 4) is 0 Å². The largest absolute Gasteiger partial charge is 0.323 e. The van der Waals surface area contributed by atoms with Crippen LogP contribution in [0.1, 0.15) is 0 Å². The lowest BCUT2D eigenvalue weighted by molar-refractivity contribution is 0.632. The average molecular weight is 182 g/mol. The summed E-state index contributed by atoms with van der Waals surface area (Å²) in [5, 5.41) is 2.69. The van der Waals surface area contributed by atoms with Gasteiger partial charge in [0, 0.05) is 7.05 Å². The molecular formula is C8H11FN4. The Bertz CT molecular complexity index is 311. The van der Waals surface area contributed by atoms with Crippen molar-refractivity contribution in [1.82, 2.24) is 5.43 Å². The van der Waals surface area contributed by atoms with E-state index in [1.807, 2.05) is 0 Å². The smallest absolute Gasteiger partial charge is 0.210 e. The summed E-state index contributed by atoms with van der Waals surface area (Å²) < 4.78 is 13.0. The molecule has 0 aromatic heterocycles. The maximum atomic E-state index is 13.0. The number of hydrogen-bond acceptors (Lipinski definition) is 2. The molecule has 0 heterocycles. The third kappa shape index (κ3) is 2.41. The van der Waals surface area contributed by atoms with Crippen molar-refractivity contribution < 1.29 is 4.39 Å². The van der Waals surface area contributed by atoms with E-state index in [9.17, 15) is 4.39 Å². The van der Waals surface area contributed by atoms with Gasteiger partial charge in [-0.1, -0.05) is 12.1 Å². The Kier molecular flexibility index (Phi) is 3.22. The number of anilines is 1. The normalized spacial score (nSPS) is 11.2. The first-order valence-electron chi connectivity index (χ1n) is 3.73. The van der Waals surface area contributed by atoms with Gasteiger partial charge in [0.25, 0.3) is 0 Å². The number of aliphatic imine (C=N–C) groups is 1. The predicted molar refractivity (Wildman–Crippen MR) is 50.7 cm³/mol. The second kappa shape index (κ2) is 4.42. The van der Waals surface area contributed by atoms with Gasteiger partial charge in [-0.25, -0.2) is 10.2 Å². The molecule has 1 rings (SSSR count). The second-order valence-corrected chi connectivity index (χ2v) is 2.32. The van der Waals surface area contributed by atoms with E-state index in [-0.39, 0.29) is 5.82 Å². The highest BCUT2D eigenvalue weighted by atomic mass is 19.1. The van der Waals surface area contributed by atoms with E-state index in [4.69, 9.17) is 5.84 Å². The minimum Gasteiger partial charge on any atom is -0.323 e. The Labute approximate surface area is 75.6 Å². The lowest BCUT2D eigenvalue weighted by Gasteiger charge is -2.08. The topological polar surface area (TPSA) is 62.4 Å². The average Bonchev–Trinajstić information content (AvgIpc) is 2.17. The van der Waals surface area contributed by atoms with Crippen LogP contribution < -0.4 is 16.6 Å². The third-order valence-electron chi connectivity index (χ3n) is 1.49. The van der Waals surface area contributed by atoms with E-state index in [1.165, 1.54) is 6.07 Å². The number of hydrogen-bond donors (Lipinski definition) is 3. The molecule has 0 aliphatic rings. The van der Waals surface area contributed by atoms with E-state index < -0.39 is 0 Å². The zero-order valence-corrected chi connectivity index (χ0v) is 7.21. The van der Waals surface area contributed by atoms with Crippen molar-refractivity contribution in [2.24, 2.45) is 10.8 Å². The van der Waals surface area contributed by atoms with E-state index in [1.54, 1.807) is 25.2 Å². The maximum Gasteiger partial charge on any atom is 0.210 e. The fourth-order valence-electron chi connectivity index (χ4n) is 0.847. The van der Waals surface area contributed by atoms with Gasteiger partial charge in [0.15, 0.2) is 0 Å². The summed E-state index contributed by atoms with van der Waals surface area (Å²) in [5.74, 6) is 5.08. The third-order valence-corrected chi connectivity index (χ3v) is 1.49. The van der Waals surface area contributed by atoms with Crippen molar-refractivity contribution in [1.29, 1.82) is 0 Å². The van der Waals surface area contributed by atoms with Gasteiger partial charge in [0.1, 0.15) is 5.82 Å². The molecule has 0 aliphatic heterocycles. The van der Waals surface area contributed by atoms with Crippen LogP contribution in [0.3, 0.4) is 0 Å². The minimum absolute atomic E-state index is 0.310. The van der Waals surface area contributed by atoms with Gasteiger partial charge in [0.2, 0.25) is 5.96 Å². The molecule has 4 nitrogen and oxygen atoms in total. The first-order chi connectivity index (χ1) is 6.27. The summed E-state index contributed by atoms with van der Waals surface area (Å²) in [7, 11) is 1.54. The van der Waals surface area contributed by atoms with E-state index >= 15 is 0 Å². The molecule has 0 bridgehead atoms. The number of halogens is 1. The summed E-state index contributed by atoms with van der Waals surface area (Å²) in [6.45, 7) is 0. The number of guanidine groups is 1. The molecule has 0 spiro atoms. The Morgan fingerprint density at radius 1 is 1.46 bits per heavy atom. The molecular weight excluding hydrogens is 171 g/mol. The van der Waals surface area contributed by atoms with Gasteiger partial charge in [-0.05, 0) is 12.1 Å². The van der Waals surface area contributed by atoms with Crippen LogP contribution in [0.25, 0.3) is 0 Å². The molecule has 0 radical (unpaired) electrons. The molecule has 0 saturated carbocycles. The number of rotatable bonds is 1. The van der Waals surface area contributed by atoms with Crippen LogP contribution in [-0.2, 0) is 0 Å². The van der Waals surface area contributed by atoms with Crippen molar-refractivity contribution in [3.63, 3.8) is 0 Å². The van der Waals surface area contributed by atoms with Crippen molar-refractivity contribution in [3.05, 3.63) is 30.1 Å². The van der Waals surface area contributed by atoms with Gasteiger partial charge in [0.05, 0.1) is 5.69 Å². The zero-order valence-electron chi connectivity index (χ0n) is 7.21. The van der Waals surface area contributed by atoms with Crippen molar-refractivity contribution in [2.75, 3.05) is 12.4 Å². The monoisotopic (exact) mass is 182 g/mol. The van der Waals surface area contributed by atoms with E-state index in [0.29, 0.717) is 11.6 Å². The predicted octanol–water partition coefficient (Wildman–Crippen LogP) is 0.687. The van der Waals surface area contributed by atoms with Crippen LogP contribution >= 0.6 is 0 Å². The Morgan fingerprint density at radius 3 is 2.69 bits per heavy atom. The number of para-hydroxylation sites is 1. The van der Waals surface area contributed by atoms with Crippen LogP contribution in [0.5, 0.6) is 0 Å². The van der Waals surface area contributed by atoms with Crippen molar-refractivity contribution in [2.45, 2.75) is 0 Å². The quantitative estimate of drug-likeness (QED) is 0.259. The molecule has 0 fully saturated rings. The number of benzene rings is 1. The highest BCUT2D eigenvalue weighted by Gasteiger charge is 2.01. The fourth-order valence-corrected chi connectivity index (χ4v) is 0.847. The van der Waals surface area contributed by atoms with Crippen LogP contribution in [0.15, 0.2) is 29.3 Å². The SMILES string of the molecule is CN=C(NN)Nc1ccccc1F. The molecule has 0 saturated heterocycles. The molecule has 0 unspecified atom stereocenters. The molecule has 4 N–H and O–H groups in total. The van der Waals surface area contributed by atoms with Crippen LogP contribution in [0.2, 0.25) is 0 Å².